The number of carbonyl (C=O) groups is 2. The number of fused-ring (bicyclic) bond motifs is 1. The Hall–Kier alpha value is -2.28. The fraction of sp³-hybridized carbons (Fsp3) is 0.600. The Morgan fingerprint density at radius 3 is 2.63 bits per heavy atom. The number of aromatic hydroxyl groups is 1. The van der Waals surface area contributed by atoms with E-state index in [0.29, 0.717) is 18.6 Å². The van der Waals surface area contributed by atoms with Crippen LogP contribution >= 0.6 is 0 Å². The maximum atomic E-state index is 12.9. The van der Waals surface area contributed by atoms with Crippen LogP contribution in [0.1, 0.15) is 45.6 Å². The third-order valence-electron chi connectivity index (χ3n) is 5.46. The number of rotatable bonds is 6. The van der Waals surface area contributed by atoms with E-state index in [2.05, 4.69) is 37.9 Å². The number of nitrogens with one attached hydrogen (secondary N) is 1. The number of cyclic esters (lactones) is 1. The zero-order chi connectivity index (χ0) is 19.7. The Labute approximate surface area is 160 Å². The predicted octanol–water partition coefficient (Wildman–Crippen LogP) is 2.44. The second-order valence-corrected chi connectivity index (χ2v) is 7.87. The number of nitrogens with zero attached hydrogens (tertiary/aromatic N) is 2. The van der Waals surface area contributed by atoms with Gasteiger partial charge in [-0.1, -0.05) is 6.07 Å². The molecule has 3 rings (SSSR count). The van der Waals surface area contributed by atoms with E-state index in [9.17, 15) is 14.7 Å². The Balaban J connectivity index is 1.79. The predicted molar refractivity (Wildman–Crippen MR) is 103 cm³/mol. The summed E-state index contributed by atoms with van der Waals surface area (Å²) < 4.78 is 4.86. The molecule has 2 heterocycles. The summed E-state index contributed by atoms with van der Waals surface area (Å²) in [4.78, 5) is 28.3. The smallest absolute Gasteiger partial charge is 0.407 e. The summed E-state index contributed by atoms with van der Waals surface area (Å²) in [7, 11) is 0. The number of amides is 2. The lowest BCUT2D eigenvalue weighted by molar-refractivity contribution is -0.120. The van der Waals surface area contributed by atoms with Crippen LogP contribution in [-0.4, -0.2) is 59.8 Å². The normalized spacial score (nSPS) is 21.7. The molecule has 1 fully saturated rings. The molecule has 2 aliphatic heterocycles. The summed E-state index contributed by atoms with van der Waals surface area (Å²) in [6, 6.07) is 5.46. The largest absolute Gasteiger partial charge is 0.508 e. The maximum Gasteiger partial charge on any atom is 0.407 e. The lowest BCUT2D eigenvalue weighted by Crippen LogP contribution is -2.45. The highest BCUT2D eigenvalue weighted by Gasteiger charge is 2.39. The second-order valence-electron chi connectivity index (χ2n) is 7.87. The molecule has 1 aromatic rings. The monoisotopic (exact) mass is 375 g/mol. The highest BCUT2D eigenvalue weighted by atomic mass is 16.6. The van der Waals surface area contributed by atoms with Gasteiger partial charge in [-0.3, -0.25) is 9.69 Å². The summed E-state index contributed by atoms with van der Waals surface area (Å²) in [5.74, 6) is 0.0862. The number of phenols is 1. The molecule has 2 amide bonds. The summed E-state index contributed by atoms with van der Waals surface area (Å²) in [5.41, 5.74) is 1.55. The van der Waals surface area contributed by atoms with Crippen LogP contribution in [0.3, 0.4) is 0 Å². The average molecular weight is 375 g/mol. The quantitative estimate of drug-likeness (QED) is 0.798. The summed E-state index contributed by atoms with van der Waals surface area (Å²) >= 11 is 0. The van der Waals surface area contributed by atoms with E-state index >= 15 is 0 Å². The Kier molecular flexibility index (Phi) is 5.60. The number of carbonyl (C=O) groups excluding carboxylic acids is 2. The summed E-state index contributed by atoms with van der Waals surface area (Å²) in [5, 5.41) is 13.0. The molecule has 2 aliphatic rings. The molecule has 1 aromatic carbocycles. The molecule has 0 aromatic heterocycles. The van der Waals surface area contributed by atoms with Gasteiger partial charge < -0.3 is 20.1 Å². The Morgan fingerprint density at radius 1 is 1.33 bits per heavy atom. The lowest BCUT2D eigenvalue weighted by atomic mass is 9.96. The van der Waals surface area contributed by atoms with Gasteiger partial charge in [0, 0.05) is 30.1 Å². The van der Waals surface area contributed by atoms with Crippen molar-refractivity contribution < 1.29 is 19.4 Å². The molecule has 1 saturated heterocycles. The Morgan fingerprint density at radius 2 is 2.04 bits per heavy atom. The highest BCUT2D eigenvalue weighted by molar-refractivity contribution is 6.01. The van der Waals surface area contributed by atoms with Crippen molar-refractivity contribution in [1.82, 2.24) is 10.2 Å². The van der Waals surface area contributed by atoms with Gasteiger partial charge in [0.05, 0.1) is 5.69 Å². The maximum absolute atomic E-state index is 12.9. The number of hydrogen-bond acceptors (Lipinski definition) is 5. The fourth-order valence-electron chi connectivity index (χ4n) is 4.17. The van der Waals surface area contributed by atoms with Crippen LogP contribution < -0.4 is 10.2 Å². The zero-order valence-electron chi connectivity index (χ0n) is 16.4. The van der Waals surface area contributed by atoms with Crippen LogP contribution in [0.5, 0.6) is 5.75 Å². The van der Waals surface area contributed by atoms with E-state index in [1.54, 1.807) is 17.0 Å². The second kappa shape index (κ2) is 7.76. The van der Waals surface area contributed by atoms with Crippen molar-refractivity contribution in [2.75, 3.05) is 24.6 Å². The van der Waals surface area contributed by atoms with Gasteiger partial charge in [-0.05, 0) is 52.8 Å². The van der Waals surface area contributed by atoms with E-state index in [0.717, 1.165) is 24.2 Å². The Bertz CT molecular complexity index is 711. The van der Waals surface area contributed by atoms with Gasteiger partial charge in [-0.2, -0.15) is 0 Å². The molecule has 0 radical (unpaired) electrons. The van der Waals surface area contributed by atoms with Crippen molar-refractivity contribution in [3.8, 4) is 5.75 Å². The minimum atomic E-state index is -0.672. The van der Waals surface area contributed by atoms with E-state index in [1.165, 1.54) is 0 Å². The molecule has 27 heavy (non-hydrogen) atoms. The SMILES string of the molecule is CC(C)N(CCC1CN(C(=O)[C@H]2COC(=O)N2)c2cccc(O)c21)C(C)C. The third kappa shape index (κ3) is 3.88. The molecule has 0 spiro atoms. The summed E-state index contributed by atoms with van der Waals surface area (Å²) in [6.45, 7) is 10.2. The minimum Gasteiger partial charge on any atom is -0.508 e. The minimum absolute atomic E-state index is 0.0431. The lowest BCUT2D eigenvalue weighted by Gasteiger charge is -2.31. The molecule has 0 saturated carbocycles. The molecule has 2 atom stereocenters. The molecule has 2 N–H and O–H groups in total. The first-order valence-electron chi connectivity index (χ1n) is 9.61. The number of hydrogen-bond donors (Lipinski definition) is 2. The van der Waals surface area contributed by atoms with Crippen LogP contribution in [0.2, 0.25) is 0 Å². The fourth-order valence-corrected chi connectivity index (χ4v) is 4.17. The molecule has 148 valence electrons. The molecule has 7 nitrogen and oxygen atoms in total. The van der Waals surface area contributed by atoms with Gasteiger partial charge in [0.25, 0.3) is 5.91 Å². The van der Waals surface area contributed by atoms with Crippen molar-refractivity contribution in [1.29, 1.82) is 0 Å². The molecule has 1 unspecified atom stereocenters. The number of benzene rings is 1. The number of anilines is 1. The van der Waals surface area contributed by atoms with Gasteiger partial charge in [0.2, 0.25) is 0 Å². The molecule has 0 bridgehead atoms. The first-order valence-corrected chi connectivity index (χ1v) is 9.61. The van der Waals surface area contributed by atoms with Crippen LogP contribution in [0.4, 0.5) is 10.5 Å². The molecular formula is C20H29N3O4. The van der Waals surface area contributed by atoms with Crippen LogP contribution in [0.15, 0.2) is 18.2 Å². The number of phenolic OH excluding ortho intramolecular Hbond substituents is 1. The topological polar surface area (TPSA) is 82.1 Å². The van der Waals surface area contributed by atoms with Gasteiger partial charge in [0.15, 0.2) is 0 Å². The third-order valence-corrected chi connectivity index (χ3v) is 5.46. The molecule has 0 aliphatic carbocycles. The van der Waals surface area contributed by atoms with E-state index in [-0.39, 0.29) is 24.2 Å². The van der Waals surface area contributed by atoms with E-state index < -0.39 is 12.1 Å². The molecular weight excluding hydrogens is 346 g/mol. The van der Waals surface area contributed by atoms with Crippen LogP contribution in [0, 0.1) is 0 Å². The van der Waals surface area contributed by atoms with Crippen LogP contribution in [0.25, 0.3) is 0 Å². The zero-order valence-corrected chi connectivity index (χ0v) is 16.4. The van der Waals surface area contributed by atoms with Crippen molar-refractivity contribution >= 4 is 17.7 Å². The van der Waals surface area contributed by atoms with Crippen LogP contribution in [-0.2, 0) is 9.53 Å². The van der Waals surface area contributed by atoms with E-state index in [4.69, 9.17) is 4.74 Å². The van der Waals surface area contributed by atoms with Crippen molar-refractivity contribution in [3.05, 3.63) is 23.8 Å². The number of ether oxygens (including phenoxy) is 1. The number of alkyl carbamates (subject to hydrolysis) is 1. The molecule has 7 heteroatoms. The van der Waals surface area contributed by atoms with Gasteiger partial charge in [-0.25, -0.2) is 4.79 Å². The standard InChI is InChI=1S/C20H29N3O4/c1-12(2)22(13(3)4)9-8-14-10-23(16-6-5-7-17(24)18(14)16)19(25)15-11-27-20(26)21-15/h5-7,12-15,24H,8-11H2,1-4H3,(H,21,26)/t14?,15-/m1/s1. The first-order chi connectivity index (χ1) is 12.8. The van der Waals surface area contributed by atoms with Crippen molar-refractivity contribution in [2.45, 2.75) is 58.2 Å². The van der Waals surface area contributed by atoms with E-state index in [1.807, 2.05) is 6.07 Å². The highest BCUT2D eigenvalue weighted by Crippen LogP contribution is 2.43. The van der Waals surface area contributed by atoms with Crippen molar-refractivity contribution in [2.24, 2.45) is 0 Å². The van der Waals surface area contributed by atoms with Gasteiger partial charge >= 0.3 is 6.09 Å². The van der Waals surface area contributed by atoms with Gasteiger partial charge in [0.1, 0.15) is 18.4 Å². The first kappa shape index (κ1) is 19.5. The average Bonchev–Trinajstić information content (AvgIpc) is 3.19. The van der Waals surface area contributed by atoms with Gasteiger partial charge in [-0.15, -0.1) is 0 Å². The van der Waals surface area contributed by atoms with Crippen molar-refractivity contribution in [3.63, 3.8) is 0 Å². The summed E-state index contributed by atoms with van der Waals surface area (Å²) in [6.07, 6.45) is 0.280.